The molecule has 0 bridgehead atoms. The van der Waals surface area contributed by atoms with Gasteiger partial charge in [-0.15, -0.1) is 0 Å². The van der Waals surface area contributed by atoms with Crippen LogP contribution in [0.3, 0.4) is 0 Å². The van der Waals surface area contributed by atoms with Crippen LogP contribution in [0.25, 0.3) is 0 Å². The Bertz CT molecular complexity index is 817. The number of urea groups is 1. The molecule has 1 aromatic carbocycles. The monoisotopic (exact) mass is 415 g/mol. The van der Waals surface area contributed by atoms with Crippen molar-refractivity contribution < 1.29 is 14.3 Å². The molecule has 0 spiro atoms. The summed E-state index contributed by atoms with van der Waals surface area (Å²) in [5.41, 5.74) is 13.5. The van der Waals surface area contributed by atoms with Crippen LogP contribution in [0.1, 0.15) is 51.6 Å². The molecule has 2 amide bonds. The summed E-state index contributed by atoms with van der Waals surface area (Å²) in [5, 5.41) is 2.99. The van der Waals surface area contributed by atoms with Crippen LogP contribution in [-0.4, -0.2) is 48.5 Å². The maximum atomic E-state index is 13.2. The summed E-state index contributed by atoms with van der Waals surface area (Å²) >= 11 is 0. The first-order valence-corrected chi connectivity index (χ1v) is 10.2. The minimum Gasteiger partial charge on any atom is -0.463 e. The Morgan fingerprint density at radius 3 is 2.57 bits per heavy atom. The lowest BCUT2D eigenvalue weighted by Crippen LogP contribution is -2.52. The topological polar surface area (TPSA) is 123 Å². The van der Waals surface area contributed by atoms with E-state index in [0.717, 1.165) is 18.4 Å². The third-order valence-corrected chi connectivity index (χ3v) is 5.42. The van der Waals surface area contributed by atoms with Gasteiger partial charge in [0.25, 0.3) is 0 Å². The number of unbranched alkanes of at least 4 members (excludes halogenated alkanes) is 1. The maximum absolute atomic E-state index is 13.2. The summed E-state index contributed by atoms with van der Waals surface area (Å²) in [6, 6.07) is 8.62. The Balaban J connectivity index is 2.15. The number of esters is 1. The third kappa shape index (κ3) is 5.31. The van der Waals surface area contributed by atoms with Crippen molar-refractivity contribution in [3.63, 3.8) is 0 Å². The van der Waals surface area contributed by atoms with E-state index < -0.39 is 11.6 Å². The van der Waals surface area contributed by atoms with Crippen molar-refractivity contribution in [1.29, 1.82) is 0 Å². The van der Waals surface area contributed by atoms with Crippen molar-refractivity contribution in [2.45, 2.75) is 51.6 Å². The first-order chi connectivity index (χ1) is 14.2. The number of nitrogens with one attached hydrogen (secondary N) is 1. The number of rotatable bonds is 8. The molecule has 5 N–H and O–H groups in total. The number of aliphatic imine (C=N–C) groups is 1. The lowest BCUT2D eigenvalue weighted by atomic mass is 10.0. The first-order valence-electron chi connectivity index (χ1n) is 10.2. The SMILES string of the molecule is CCCCC(=O)OCC(NC(=O)N1CC(C(N)=NC)=C(N)C1(C)C)c1ccccc1. The van der Waals surface area contributed by atoms with Crippen LogP contribution in [0.5, 0.6) is 0 Å². The number of carbonyl (C=O) groups excluding carboxylic acids is 2. The molecule has 1 heterocycles. The predicted molar refractivity (Wildman–Crippen MR) is 118 cm³/mol. The van der Waals surface area contributed by atoms with E-state index in [9.17, 15) is 9.59 Å². The molecular weight excluding hydrogens is 382 g/mol. The highest BCUT2D eigenvalue weighted by molar-refractivity contribution is 6.00. The molecule has 164 valence electrons. The zero-order valence-corrected chi connectivity index (χ0v) is 18.3. The molecule has 0 saturated carbocycles. The quantitative estimate of drug-likeness (QED) is 0.342. The van der Waals surface area contributed by atoms with Gasteiger partial charge in [-0.25, -0.2) is 4.79 Å². The van der Waals surface area contributed by atoms with Gasteiger partial charge in [-0.05, 0) is 25.8 Å². The average molecular weight is 416 g/mol. The molecule has 1 atom stereocenters. The fourth-order valence-electron chi connectivity index (χ4n) is 3.34. The van der Waals surface area contributed by atoms with E-state index in [1.165, 1.54) is 0 Å². The van der Waals surface area contributed by atoms with E-state index in [1.807, 2.05) is 51.1 Å². The molecule has 0 radical (unpaired) electrons. The van der Waals surface area contributed by atoms with Crippen molar-refractivity contribution in [3.05, 3.63) is 47.2 Å². The van der Waals surface area contributed by atoms with Crippen molar-refractivity contribution in [3.8, 4) is 0 Å². The van der Waals surface area contributed by atoms with Crippen molar-refractivity contribution in [2.24, 2.45) is 16.5 Å². The minimum absolute atomic E-state index is 0.0564. The van der Waals surface area contributed by atoms with Gasteiger partial charge in [0.2, 0.25) is 0 Å². The molecule has 0 aliphatic carbocycles. The van der Waals surface area contributed by atoms with Gasteiger partial charge in [-0.2, -0.15) is 0 Å². The molecule has 30 heavy (non-hydrogen) atoms. The highest BCUT2D eigenvalue weighted by Gasteiger charge is 2.42. The molecule has 1 unspecified atom stereocenters. The summed E-state index contributed by atoms with van der Waals surface area (Å²) in [6.45, 7) is 6.05. The fraction of sp³-hybridized carbons (Fsp3) is 0.500. The zero-order chi connectivity index (χ0) is 22.3. The van der Waals surface area contributed by atoms with Gasteiger partial charge >= 0.3 is 12.0 Å². The largest absolute Gasteiger partial charge is 0.463 e. The number of hydrogen-bond donors (Lipinski definition) is 3. The fourth-order valence-corrected chi connectivity index (χ4v) is 3.34. The van der Waals surface area contributed by atoms with Gasteiger partial charge in [0.1, 0.15) is 12.4 Å². The van der Waals surface area contributed by atoms with Crippen molar-refractivity contribution >= 4 is 17.8 Å². The van der Waals surface area contributed by atoms with Crippen LogP contribution in [0.15, 0.2) is 46.6 Å². The van der Waals surface area contributed by atoms with E-state index in [2.05, 4.69) is 10.3 Å². The molecule has 2 rings (SSSR count). The van der Waals surface area contributed by atoms with Gasteiger partial charge in [0.15, 0.2) is 0 Å². The lowest BCUT2D eigenvalue weighted by Gasteiger charge is -2.34. The molecule has 8 heteroatoms. The molecule has 1 aliphatic heterocycles. The zero-order valence-electron chi connectivity index (χ0n) is 18.3. The number of benzene rings is 1. The molecule has 0 aromatic heterocycles. The van der Waals surface area contributed by atoms with E-state index in [1.54, 1.807) is 11.9 Å². The summed E-state index contributed by atoms with van der Waals surface area (Å²) in [4.78, 5) is 30.8. The molecule has 8 nitrogen and oxygen atoms in total. The highest BCUT2D eigenvalue weighted by atomic mass is 16.5. The Morgan fingerprint density at radius 1 is 1.30 bits per heavy atom. The van der Waals surface area contributed by atoms with Crippen LogP contribution >= 0.6 is 0 Å². The first kappa shape index (κ1) is 23.3. The van der Waals surface area contributed by atoms with Crippen LogP contribution in [0.4, 0.5) is 4.79 Å². The van der Waals surface area contributed by atoms with E-state index in [-0.39, 0.29) is 25.2 Å². The number of amides is 2. The summed E-state index contributed by atoms with van der Waals surface area (Å²) in [7, 11) is 1.59. The average Bonchev–Trinajstić information content (AvgIpc) is 2.98. The third-order valence-electron chi connectivity index (χ3n) is 5.42. The minimum atomic E-state index is -0.728. The predicted octanol–water partition coefficient (Wildman–Crippen LogP) is 2.46. The Labute approximate surface area is 178 Å². The summed E-state index contributed by atoms with van der Waals surface area (Å²) in [6.07, 6.45) is 2.06. The molecule has 1 aliphatic rings. The normalized spacial score (nSPS) is 17.1. The lowest BCUT2D eigenvalue weighted by molar-refractivity contribution is -0.144. The number of amidine groups is 1. The van der Waals surface area contributed by atoms with E-state index in [0.29, 0.717) is 23.5 Å². The van der Waals surface area contributed by atoms with Crippen molar-refractivity contribution in [1.82, 2.24) is 10.2 Å². The molecular formula is C22H33N5O3. The number of carbonyl (C=O) groups is 2. The maximum Gasteiger partial charge on any atom is 0.319 e. The Morgan fingerprint density at radius 2 is 1.97 bits per heavy atom. The van der Waals surface area contributed by atoms with Gasteiger partial charge in [-0.3, -0.25) is 9.79 Å². The van der Waals surface area contributed by atoms with Crippen LogP contribution in [0.2, 0.25) is 0 Å². The molecule has 1 aromatic rings. The molecule has 0 fully saturated rings. The second kappa shape index (κ2) is 10.1. The van der Waals surface area contributed by atoms with Crippen LogP contribution < -0.4 is 16.8 Å². The highest BCUT2D eigenvalue weighted by Crippen LogP contribution is 2.31. The van der Waals surface area contributed by atoms with Gasteiger partial charge in [0.05, 0.1) is 18.1 Å². The number of nitrogens with zero attached hydrogens (tertiary/aromatic N) is 2. The summed E-state index contributed by atoms with van der Waals surface area (Å²) < 4.78 is 5.43. The van der Waals surface area contributed by atoms with Crippen LogP contribution in [0, 0.1) is 0 Å². The van der Waals surface area contributed by atoms with Gasteiger partial charge in [-0.1, -0.05) is 43.7 Å². The second-order valence-electron chi connectivity index (χ2n) is 7.85. The molecule has 0 saturated heterocycles. The van der Waals surface area contributed by atoms with Gasteiger partial charge < -0.3 is 26.4 Å². The Kier molecular flexibility index (Phi) is 7.86. The van der Waals surface area contributed by atoms with Crippen LogP contribution in [-0.2, 0) is 9.53 Å². The Hall–Kier alpha value is -3.03. The smallest absolute Gasteiger partial charge is 0.319 e. The van der Waals surface area contributed by atoms with E-state index >= 15 is 0 Å². The number of nitrogens with two attached hydrogens (primary N) is 2. The van der Waals surface area contributed by atoms with Gasteiger partial charge in [0, 0.05) is 24.7 Å². The number of hydrogen-bond acceptors (Lipinski definition) is 5. The second-order valence-corrected chi connectivity index (χ2v) is 7.85. The number of ether oxygens (including phenoxy) is 1. The standard InChI is InChI=1S/C22H33N5O3/c1-5-6-12-18(28)30-14-17(15-10-8-7-9-11-15)26-21(29)27-13-16(20(24)25-4)19(23)22(27,2)3/h7-11,17H,5-6,12-14,23H2,1-4H3,(H2,24,25)(H,26,29). The summed E-state index contributed by atoms with van der Waals surface area (Å²) in [5.74, 6) is 0.0500. The van der Waals surface area contributed by atoms with E-state index in [4.69, 9.17) is 16.2 Å². The van der Waals surface area contributed by atoms with Crippen molar-refractivity contribution in [2.75, 3.05) is 20.2 Å².